The Labute approximate surface area is 114 Å². The van der Waals surface area contributed by atoms with Crippen LogP contribution in [0.25, 0.3) is 0 Å². The summed E-state index contributed by atoms with van der Waals surface area (Å²) in [5, 5.41) is 8.72. The van der Waals surface area contributed by atoms with Gasteiger partial charge in [-0.25, -0.2) is 8.42 Å². The van der Waals surface area contributed by atoms with Gasteiger partial charge in [-0.1, -0.05) is 0 Å². The van der Waals surface area contributed by atoms with Crippen LogP contribution >= 0.6 is 0 Å². The number of quaternary nitrogens is 1. The Kier molecular flexibility index (Phi) is 4.20. The zero-order valence-electron chi connectivity index (χ0n) is 11.0. The molecule has 1 saturated heterocycles. The summed E-state index contributed by atoms with van der Waals surface area (Å²) < 4.78 is 26.4. The first-order valence-electron chi connectivity index (χ1n) is 6.42. The third-order valence-electron chi connectivity index (χ3n) is 3.55. The van der Waals surface area contributed by atoms with E-state index in [4.69, 9.17) is 5.26 Å². The van der Waals surface area contributed by atoms with Crippen molar-refractivity contribution < 1.29 is 13.3 Å². The highest BCUT2D eigenvalue weighted by molar-refractivity contribution is 7.89. The maximum Gasteiger partial charge on any atom is 0.243 e. The van der Waals surface area contributed by atoms with Crippen LogP contribution in [0, 0.1) is 11.3 Å². The van der Waals surface area contributed by atoms with E-state index in [1.165, 1.54) is 21.3 Å². The van der Waals surface area contributed by atoms with Crippen LogP contribution in [0.5, 0.6) is 0 Å². The van der Waals surface area contributed by atoms with Crippen molar-refractivity contribution in [1.29, 1.82) is 5.26 Å². The summed E-state index contributed by atoms with van der Waals surface area (Å²) in [4.78, 5) is 1.71. The summed E-state index contributed by atoms with van der Waals surface area (Å²) in [5.41, 5.74) is 0.471. The van der Waals surface area contributed by atoms with E-state index in [1.54, 1.807) is 12.1 Å². The molecule has 102 valence electrons. The SMILES string of the molecule is CC[NH+]1CCN(S(=O)(=O)c2ccc(C#N)cc2)CC1. The lowest BCUT2D eigenvalue weighted by Crippen LogP contribution is -3.14. The molecule has 5 nitrogen and oxygen atoms in total. The molecule has 0 aromatic heterocycles. The molecule has 0 bridgehead atoms. The minimum Gasteiger partial charge on any atom is -0.333 e. The number of sulfonamides is 1. The second kappa shape index (κ2) is 5.70. The molecule has 1 aromatic rings. The van der Waals surface area contributed by atoms with Crippen molar-refractivity contribution in [2.75, 3.05) is 32.7 Å². The second-order valence-corrected chi connectivity index (χ2v) is 6.58. The lowest BCUT2D eigenvalue weighted by molar-refractivity contribution is -0.901. The van der Waals surface area contributed by atoms with Crippen molar-refractivity contribution in [2.24, 2.45) is 0 Å². The Morgan fingerprint density at radius 2 is 1.84 bits per heavy atom. The van der Waals surface area contributed by atoms with Gasteiger partial charge in [0.2, 0.25) is 10.0 Å². The minimum atomic E-state index is -3.41. The number of piperazine rings is 1. The van der Waals surface area contributed by atoms with Gasteiger partial charge in [0, 0.05) is 0 Å². The Balaban J connectivity index is 2.16. The summed E-state index contributed by atoms with van der Waals surface area (Å²) in [6, 6.07) is 8.08. The molecule has 0 unspecified atom stereocenters. The van der Waals surface area contributed by atoms with Gasteiger partial charge in [0.25, 0.3) is 0 Å². The van der Waals surface area contributed by atoms with Crippen molar-refractivity contribution in [3.05, 3.63) is 29.8 Å². The first-order valence-corrected chi connectivity index (χ1v) is 7.86. The molecule has 1 aliphatic rings. The number of hydrogen-bond acceptors (Lipinski definition) is 3. The fourth-order valence-electron chi connectivity index (χ4n) is 2.25. The molecule has 1 heterocycles. The average molecular weight is 280 g/mol. The smallest absolute Gasteiger partial charge is 0.243 e. The van der Waals surface area contributed by atoms with Crippen LogP contribution in [0.3, 0.4) is 0 Å². The van der Waals surface area contributed by atoms with E-state index in [9.17, 15) is 8.42 Å². The maximum atomic E-state index is 12.4. The standard InChI is InChI=1S/C13H17N3O2S/c1-2-15-7-9-16(10-8-15)19(17,18)13-5-3-12(11-14)4-6-13/h3-6H,2,7-10H2,1H3/p+1. The van der Waals surface area contributed by atoms with E-state index >= 15 is 0 Å². The number of nitrogens with one attached hydrogen (secondary N) is 1. The summed E-state index contributed by atoms with van der Waals surface area (Å²) in [5.74, 6) is 0. The first-order chi connectivity index (χ1) is 9.07. The van der Waals surface area contributed by atoms with Crippen LogP contribution in [0.15, 0.2) is 29.2 Å². The molecular formula is C13H18N3O2S+. The minimum absolute atomic E-state index is 0.270. The highest BCUT2D eigenvalue weighted by Crippen LogP contribution is 2.16. The largest absolute Gasteiger partial charge is 0.333 e. The molecule has 0 aliphatic carbocycles. The van der Waals surface area contributed by atoms with Gasteiger partial charge in [-0.2, -0.15) is 9.57 Å². The molecule has 0 radical (unpaired) electrons. The molecule has 1 fully saturated rings. The topological polar surface area (TPSA) is 65.6 Å². The summed E-state index contributed by atoms with van der Waals surface area (Å²) in [7, 11) is -3.41. The molecule has 2 rings (SSSR count). The van der Waals surface area contributed by atoms with Crippen LogP contribution in [0.2, 0.25) is 0 Å². The Hall–Kier alpha value is -1.42. The number of benzene rings is 1. The number of nitrogens with zero attached hydrogens (tertiary/aromatic N) is 2. The second-order valence-electron chi connectivity index (χ2n) is 4.64. The van der Waals surface area contributed by atoms with E-state index < -0.39 is 10.0 Å². The third-order valence-corrected chi connectivity index (χ3v) is 5.46. The van der Waals surface area contributed by atoms with Crippen LogP contribution in [0.1, 0.15) is 12.5 Å². The van der Waals surface area contributed by atoms with E-state index in [-0.39, 0.29) is 4.90 Å². The van der Waals surface area contributed by atoms with Gasteiger partial charge in [0.15, 0.2) is 0 Å². The molecule has 6 heteroatoms. The number of hydrogen-bond donors (Lipinski definition) is 1. The van der Waals surface area contributed by atoms with Gasteiger partial charge >= 0.3 is 0 Å². The fourth-order valence-corrected chi connectivity index (χ4v) is 3.69. The van der Waals surface area contributed by atoms with Crippen molar-refractivity contribution in [1.82, 2.24) is 4.31 Å². The fraction of sp³-hybridized carbons (Fsp3) is 0.462. The van der Waals surface area contributed by atoms with Gasteiger partial charge in [-0.15, -0.1) is 0 Å². The third kappa shape index (κ3) is 2.95. The molecule has 0 amide bonds. The number of nitriles is 1. The van der Waals surface area contributed by atoms with Crippen molar-refractivity contribution >= 4 is 10.0 Å². The van der Waals surface area contributed by atoms with Gasteiger partial charge in [0.05, 0.1) is 49.3 Å². The van der Waals surface area contributed by atoms with Crippen molar-refractivity contribution in [3.8, 4) is 6.07 Å². The van der Waals surface area contributed by atoms with Crippen LogP contribution in [-0.4, -0.2) is 45.4 Å². The van der Waals surface area contributed by atoms with E-state index in [1.807, 2.05) is 6.07 Å². The molecule has 1 aromatic carbocycles. The van der Waals surface area contributed by atoms with Gasteiger partial charge < -0.3 is 4.90 Å². The zero-order chi connectivity index (χ0) is 13.9. The Morgan fingerprint density at radius 3 is 2.32 bits per heavy atom. The quantitative estimate of drug-likeness (QED) is 0.809. The first kappa shape index (κ1) is 14.0. The number of likely N-dealkylation sites (N-methyl/N-ethyl adjacent to an activating group) is 1. The summed E-state index contributed by atoms with van der Waals surface area (Å²) in [6.07, 6.45) is 0. The van der Waals surface area contributed by atoms with Crippen LogP contribution < -0.4 is 4.90 Å². The highest BCUT2D eigenvalue weighted by atomic mass is 32.2. The highest BCUT2D eigenvalue weighted by Gasteiger charge is 2.29. The maximum absolute atomic E-state index is 12.4. The van der Waals surface area contributed by atoms with Crippen LogP contribution in [0.4, 0.5) is 0 Å². The molecule has 1 N–H and O–H groups in total. The normalized spacial score (nSPS) is 18.1. The van der Waals surface area contributed by atoms with E-state index in [0.29, 0.717) is 18.7 Å². The molecule has 0 atom stereocenters. The Bertz CT molecular complexity index is 567. The van der Waals surface area contributed by atoms with Crippen molar-refractivity contribution in [2.45, 2.75) is 11.8 Å². The molecular weight excluding hydrogens is 262 g/mol. The Morgan fingerprint density at radius 1 is 1.26 bits per heavy atom. The molecule has 0 saturated carbocycles. The lowest BCUT2D eigenvalue weighted by atomic mass is 10.2. The number of rotatable bonds is 3. The monoisotopic (exact) mass is 280 g/mol. The van der Waals surface area contributed by atoms with Gasteiger partial charge in [-0.3, -0.25) is 0 Å². The van der Waals surface area contributed by atoms with E-state index in [0.717, 1.165) is 19.6 Å². The summed E-state index contributed by atoms with van der Waals surface area (Å²) in [6.45, 7) is 5.97. The molecule has 1 aliphatic heterocycles. The predicted molar refractivity (Wildman–Crippen MR) is 71.2 cm³/mol. The molecule has 0 spiro atoms. The van der Waals surface area contributed by atoms with Crippen LogP contribution in [-0.2, 0) is 10.0 Å². The molecule has 19 heavy (non-hydrogen) atoms. The predicted octanol–water partition coefficient (Wildman–Crippen LogP) is -0.533. The summed E-state index contributed by atoms with van der Waals surface area (Å²) >= 11 is 0. The lowest BCUT2D eigenvalue weighted by Gasteiger charge is -2.30. The van der Waals surface area contributed by atoms with E-state index in [2.05, 4.69) is 6.92 Å². The zero-order valence-corrected chi connectivity index (χ0v) is 11.8. The van der Waals surface area contributed by atoms with Gasteiger partial charge in [0.1, 0.15) is 0 Å². The van der Waals surface area contributed by atoms with Gasteiger partial charge in [-0.05, 0) is 31.2 Å². The van der Waals surface area contributed by atoms with Crippen molar-refractivity contribution in [3.63, 3.8) is 0 Å². The average Bonchev–Trinajstić information content (AvgIpc) is 2.47.